The molecule has 2 atom stereocenters. The van der Waals surface area contributed by atoms with Gasteiger partial charge in [0.2, 0.25) is 0 Å². The highest BCUT2D eigenvalue weighted by Gasteiger charge is 2.14. The molecule has 0 aromatic rings. The normalized spacial score (nSPS) is 24.0. The molecular weight excluding hydrogens is 184 g/mol. The molecule has 2 heteroatoms. The molecule has 0 amide bonds. The third-order valence-electron chi connectivity index (χ3n) is 3.32. The molecule has 0 bridgehead atoms. The predicted molar refractivity (Wildman–Crippen MR) is 67.2 cm³/mol. The van der Waals surface area contributed by atoms with Gasteiger partial charge in [0.25, 0.3) is 0 Å². The van der Waals surface area contributed by atoms with Crippen molar-refractivity contribution in [1.82, 2.24) is 10.6 Å². The zero-order chi connectivity index (χ0) is 10.9. The van der Waals surface area contributed by atoms with Crippen molar-refractivity contribution in [2.45, 2.75) is 70.9 Å². The summed E-state index contributed by atoms with van der Waals surface area (Å²) in [6.45, 7) is 7.01. The number of rotatable bonds is 7. The van der Waals surface area contributed by atoms with Gasteiger partial charge in [-0.05, 0) is 45.7 Å². The lowest BCUT2D eigenvalue weighted by Crippen LogP contribution is -2.40. The van der Waals surface area contributed by atoms with Crippen LogP contribution in [0.15, 0.2) is 0 Å². The molecule has 0 aromatic carbocycles. The lowest BCUT2D eigenvalue weighted by atomic mass is 9.99. The van der Waals surface area contributed by atoms with E-state index >= 15 is 0 Å². The fourth-order valence-electron chi connectivity index (χ4n) is 2.36. The molecule has 1 aliphatic heterocycles. The average molecular weight is 212 g/mol. The molecule has 1 heterocycles. The highest BCUT2D eigenvalue weighted by molar-refractivity contribution is 4.76. The third kappa shape index (κ3) is 6.16. The van der Waals surface area contributed by atoms with Crippen LogP contribution >= 0.6 is 0 Å². The molecule has 1 saturated heterocycles. The van der Waals surface area contributed by atoms with Crippen LogP contribution in [0.5, 0.6) is 0 Å². The number of piperidine rings is 1. The van der Waals surface area contributed by atoms with Crippen molar-refractivity contribution >= 4 is 0 Å². The molecular formula is C13H28N2. The summed E-state index contributed by atoms with van der Waals surface area (Å²) >= 11 is 0. The Labute approximate surface area is 95.2 Å². The Morgan fingerprint density at radius 1 is 1.33 bits per heavy atom. The van der Waals surface area contributed by atoms with Gasteiger partial charge in [-0.25, -0.2) is 0 Å². The fourth-order valence-corrected chi connectivity index (χ4v) is 2.36. The van der Waals surface area contributed by atoms with E-state index in [1.165, 1.54) is 58.0 Å². The van der Waals surface area contributed by atoms with E-state index in [9.17, 15) is 0 Å². The van der Waals surface area contributed by atoms with E-state index in [1.807, 2.05) is 0 Å². The highest BCUT2D eigenvalue weighted by Crippen LogP contribution is 2.11. The maximum Gasteiger partial charge on any atom is 0.00817 e. The second-order valence-corrected chi connectivity index (χ2v) is 4.94. The van der Waals surface area contributed by atoms with Crippen molar-refractivity contribution in [3.05, 3.63) is 0 Å². The summed E-state index contributed by atoms with van der Waals surface area (Å²) in [5.74, 6) is 0. The number of nitrogens with one attached hydrogen (secondary N) is 2. The molecule has 0 aromatic heterocycles. The molecule has 1 rings (SSSR count). The fraction of sp³-hybridized carbons (Fsp3) is 1.00. The molecule has 2 N–H and O–H groups in total. The van der Waals surface area contributed by atoms with Crippen LogP contribution in [0.1, 0.15) is 58.8 Å². The van der Waals surface area contributed by atoms with Gasteiger partial charge in [-0.2, -0.15) is 0 Å². The predicted octanol–water partition coefficient (Wildman–Crippen LogP) is 2.69. The number of hydrogen-bond acceptors (Lipinski definition) is 2. The van der Waals surface area contributed by atoms with E-state index in [4.69, 9.17) is 0 Å². The molecule has 1 aliphatic rings. The van der Waals surface area contributed by atoms with Gasteiger partial charge in [-0.1, -0.05) is 26.2 Å². The van der Waals surface area contributed by atoms with Crippen LogP contribution in [0, 0.1) is 0 Å². The summed E-state index contributed by atoms with van der Waals surface area (Å²) in [5.41, 5.74) is 0. The Morgan fingerprint density at radius 3 is 2.87 bits per heavy atom. The minimum atomic E-state index is 0.678. The van der Waals surface area contributed by atoms with Crippen LogP contribution < -0.4 is 10.6 Å². The molecule has 90 valence electrons. The Balaban J connectivity index is 1.98. The SMILES string of the molecule is CCCCCNC(C)CC1CCCCN1. The van der Waals surface area contributed by atoms with E-state index < -0.39 is 0 Å². The maximum atomic E-state index is 3.62. The van der Waals surface area contributed by atoms with Gasteiger partial charge in [0, 0.05) is 12.1 Å². The Hall–Kier alpha value is -0.0800. The highest BCUT2D eigenvalue weighted by atomic mass is 14.9. The van der Waals surface area contributed by atoms with Crippen LogP contribution in [0.3, 0.4) is 0 Å². The summed E-state index contributed by atoms with van der Waals surface area (Å²) in [7, 11) is 0. The number of hydrogen-bond donors (Lipinski definition) is 2. The standard InChI is InChI=1S/C13H28N2/c1-3-4-6-9-14-12(2)11-13-8-5-7-10-15-13/h12-15H,3-11H2,1-2H3. The molecule has 15 heavy (non-hydrogen) atoms. The lowest BCUT2D eigenvalue weighted by molar-refractivity contribution is 0.344. The molecule has 2 nitrogen and oxygen atoms in total. The Morgan fingerprint density at radius 2 is 2.20 bits per heavy atom. The first kappa shape index (κ1) is 13.0. The van der Waals surface area contributed by atoms with E-state index in [2.05, 4.69) is 24.5 Å². The van der Waals surface area contributed by atoms with Gasteiger partial charge in [-0.3, -0.25) is 0 Å². The summed E-state index contributed by atoms with van der Waals surface area (Å²) in [5, 5.41) is 7.24. The van der Waals surface area contributed by atoms with Gasteiger partial charge >= 0.3 is 0 Å². The third-order valence-corrected chi connectivity index (χ3v) is 3.32. The van der Waals surface area contributed by atoms with Crippen LogP contribution in [0.25, 0.3) is 0 Å². The smallest absolute Gasteiger partial charge is 0.00817 e. The zero-order valence-corrected chi connectivity index (χ0v) is 10.5. The van der Waals surface area contributed by atoms with Gasteiger partial charge in [0.1, 0.15) is 0 Å². The van der Waals surface area contributed by atoms with Gasteiger partial charge < -0.3 is 10.6 Å². The summed E-state index contributed by atoms with van der Waals surface area (Å²) in [6.07, 6.45) is 9.47. The Kier molecular flexibility index (Phi) is 7.03. The van der Waals surface area contributed by atoms with Crippen molar-refractivity contribution in [2.24, 2.45) is 0 Å². The van der Waals surface area contributed by atoms with Crippen LogP contribution in [-0.4, -0.2) is 25.2 Å². The second-order valence-electron chi connectivity index (χ2n) is 4.94. The van der Waals surface area contributed by atoms with Crippen LogP contribution in [0.2, 0.25) is 0 Å². The Bertz CT molecular complexity index is 141. The number of unbranched alkanes of at least 4 members (excludes halogenated alkanes) is 2. The topological polar surface area (TPSA) is 24.1 Å². The zero-order valence-electron chi connectivity index (χ0n) is 10.5. The lowest BCUT2D eigenvalue weighted by Gasteiger charge is -2.26. The second kappa shape index (κ2) is 8.12. The first-order valence-corrected chi connectivity index (χ1v) is 6.79. The molecule has 0 aliphatic carbocycles. The van der Waals surface area contributed by atoms with Crippen LogP contribution in [0.4, 0.5) is 0 Å². The van der Waals surface area contributed by atoms with Gasteiger partial charge in [0.05, 0.1) is 0 Å². The summed E-state index contributed by atoms with van der Waals surface area (Å²) in [4.78, 5) is 0. The first-order chi connectivity index (χ1) is 7.33. The van der Waals surface area contributed by atoms with Crippen molar-refractivity contribution in [2.75, 3.05) is 13.1 Å². The monoisotopic (exact) mass is 212 g/mol. The maximum absolute atomic E-state index is 3.62. The van der Waals surface area contributed by atoms with Crippen LogP contribution in [-0.2, 0) is 0 Å². The molecule has 0 spiro atoms. The quantitative estimate of drug-likeness (QED) is 0.634. The van der Waals surface area contributed by atoms with Gasteiger partial charge in [0.15, 0.2) is 0 Å². The van der Waals surface area contributed by atoms with Crippen molar-refractivity contribution in [3.8, 4) is 0 Å². The minimum Gasteiger partial charge on any atom is -0.314 e. The van der Waals surface area contributed by atoms with E-state index in [1.54, 1.807) is 0 Å². The van der Waals surface area contributed by atoms with Gasteiger partial charge in [-0.15, -0.1) is 0 Å². The average Bonchev–Trinajstić information content (AvgIpc) is 2.26. The molecule has 2 unspecified atom stereocenters. The van der Waals surface area contributed by atoms with Crippen molar-refractivity contribution in [1.29, 1.82) is 0 Å². The summed E-state index contributed by atoms with van der Waals surface area (Å²) < 4.78 is 0. The van der Waals surface area contributed by atoms with E-state index in [0.29, 0.717) is 6.04 Å². The van der Waals surface area contributed by atoms with Crippen molar-refractivity contribution < 1.29 is 0 Å². The molecule has 0 saturated carbocycles. The molecule has 0 radical (unpaired) electrons. The van der Waals surface area contributed by atoms with Crippen molar-refractivity contribution in [3.63, 3.8) is 0 Å². The van der Waals surface area contributed by atoms with E-state index in [-0.39, 0.29) is 0 Å². The minimum absolute atomic E-state index is 0.678. The summed E-state index contributed by atoms with van der Waals surface area (Å²) in [6, 6.07) is 1.45. The van der Waals surface area contributed by atoms with E-state index in [0.717, 1.165) is 6.04 Å². The molecule has 1 fully saturated rings. The largest absolute Gasteiger partial charge is 0.314 e. The first-order valence-electron chi connectivity index (χ1n) is 6.79.